The lowest BCUT2D eigenvalue weighted by molar-refractivity contribution is -0.379. The van der Waals surface area contributed by atoms with Crippen LogP contribution in [0.3, 0.4) is 0 Å². The van der Waals surface area contributed by atoms with E-state index >= 15 is 0 Å². The van der Waals surface area contributed by atoms with E-state index in [0.717, 1.165) is 44.9 Å². The molecule has 3 saturated heterocycles. The van der Waals surface area contributed by atoms with Crippen molar-refractivity contribution in [2.24, 2.45) is 0 Å². The Labute approximate surface area is 612 Å². The molecule has 17 atom stereocenters. The third-order valence-corrected chi connectivity index (χ3v) is 20.9. The van der Waals surface area contributed by atoms with Crippen LogP contribution in [0.15, 0.2) is 36.5 Å². The van der Waals surface area contributed by atoms with Crippen LogP contribution in [0, 0.1) is 0 Å². The van der Waals surface area contributed by atoms with Crippen LogP contribution in [0.1, 0.15) is 348 Å². The maximum atomic E-state index is 13.5. The summed E-state index contributed by atoms with van der Waals surface area (Å²) in [6.45, 7) is 1.77. The number of rotatable bonds is 67. The van der Waals surface area contributed by atoms with Gasteiger partial charge in [-0.1, -0.05) is 333 Å². The monoisotopic (exact) mass is 1440 g/mol. The van der Waals surface area contributed by atoms with E-state index < -0.39 is 124 Å². The molecule has 3 rings (SSSR count). The zero-order chi connectivity index (χ0) is 73.2. The summed E-state index contributed by atoms with van der Waals surface area (Å²) in [7, 11) is 0. The summed E-state index contributed by atoms with van der Waals surface area (Å²) in [5, 5.41) is 121. The summed E-state index contributed by atoms with van der Waals surface area (Å²) in [5.74, 6) is -0.282. The predicted octanol–water partition coefficient (Wildman–Crippen LogP) is 14.3. The number of amides is 1. The number of hydrogen-bond acceptors (Lipinski definition) is 18. The molecular formula is C82H153NO18. The first kappa shape index (κ1) is 93.2. The normalized spacial score (nSPS) is 26.4. The lowest BCUT2D eigenvalue weighted by Gasteiger charge is -2.48. The first-order valence-electron chi connectivity index (χ1n) is 41.7. The second kappa shape index (κ2) is 63.0. The quantitative estimate of drug-likeness (QED) is 0.0199. The van der Waals surface area contributed by atoms with Crippen molar-refractivity contribution in [2.75, 3.05) is 26.4 Å². The summed E-state index contributed by atoms with van der Waals surface area (Å²) in [6, 6.07) is -0.996. The van der Waals surface area contributed by atoms with Crippen molar-refractivity contribution in [2.45, 2.75) is 452 Å². The highest BCUT2D eigenvalue weighted by Gasteiger charge is 2.54. The fourth-order valence-electron chi connectivity index (χ4n) is 14.2. The van der Waals surface area contributed by atoms with Crippen molar-refractivity contribution in [1.29, 1.82) is 0 Å². The van der Waals surface area contributed by atoms with Gasteiger partial charge in [0.1, 0.15) is 73.2 Å². The summed E-state index contributed by atoms with van der Waals surface area (Å²) in [5.41, 5.74) is 0. The average molecular weight is 1440 g/mol. The van der Waals surface area contributed by atoms with Crippen LogP contribution in [-0.4, -0.2) is 193 Å². The minimum Gasteiger partial charge on any atom is -0.394 e. The minimum atomic E-state index is -1.98. The lowest BCUT2D eigenvalue weighted by atomic mass is 9.96. The Bertz CT molecular complexity index is 1960. The highest BCUT2D eigenvalue weighted by atomic mass is 16.8. The highest BCUT2D eigenvalue weighted by molar-refractivity contribution is 5.76. The second-order valence-corrected chi connectivity index (χ2v) is 29.9. The van der Waals surface area contributed by atoms with Crippen molar-refractivity contribution in [1.82, 2.24) is 5.32 Å². The van der Waals surface area contributed by atoms with E-state index in [4.69, 9.17) is 28.4 Å². The molecule has 19 heteroatoms. The van der Waals surface area contributed by atoms with Crippen LogP contribution >= 0.6 is 0 Å². The Balaban J connectivity index is 1.38. The maximum absolute atomic E-state index is 13.5. The SMILES string of the molecule is CCCCCCCCCCCCCCCCCCCCCC/C=C/CC/C=C/CC/C=C/C(O)C(COC1OC(CO)C(OC2OC(CO)C(OC3OC(CO)C(O)C(O)C3O)C(O)C2O)C(O)C1O)NC(=O)CCCCCCCCCCCCCCCCCCCCCCCCCCCC. The summed E-state index contributed by atoms with van der Waals surface area (Å²) in [4.78, 5) is 13.5. The van der Waals surface area contributed by atoms with Gasteiger partial charge in [-0.2, -0.15) is 0 Å². The number of carbonyl (C=O) groups is 1. The standard InChI is InChI=1S/C82H153NO18/c1-3-5-7-9-11-13-15-17-19-21-23-25-27-29-31-32-33-34-35-37-39-41-43-45-47-49-51-53-55-57-59-66(87)65(83-70(88)60-58-56-54-52-50-48-46-44-42-40-38-36-30-28-26-24-22-20-18-16-14-12-10-8-6-4-2)64-96-80-76(94)73(91)78(68(62-85)98-80)101-82-77(95)74(92)79(69(63-86)99-82)100-81-75(93)72(90)71(89)67(61-84)97-81/h41,43,49,51,57,59,65-69,71-82,84-87,89-95H,3-40,42,44-48,50,52-56,58,60-64H2,1-2H3,(H,83,88)/b43-41+,51-49+,59-57+. The fourth-order valence-corrected chi connectivity index (χ4v) is 14.2. The number of aliphatic hydroxyl groups is 11. The summed E-state index contributed by atoms with van der Waals surface area (Å²) < 4.78 is 34.5. The third kappa shape index (κ3) is 43.0. The van der Waals surface area contributed by atoms with Crippen molar-refractivity contribution in [3.05, 3.63) is 36.5 Å². The predicted molar refractivity (Wildman–Crippen MR) is 402 cm³/mol. The number of unbranched alkanes of at least 4 members (excludes halogenated alkanes) is 47. The van der Waals surface area contributed by atoms with Crippen LogP contribution in [0.5, 0.6) is 0 Å². The Kier molecular flexibility index (Phi) is 58.1. The fraction of sp³-hybridized carbons (Fsp3) is 0.915. The molecule has 3 fully saturated rings. The van der Waals surface area contributed by atoms with Crippen molar-refractivity contribution in [3.8, 4) is 0 Å². The molecule has 1 amide bonds. The zero-order valence-electron chi connectivity index (χ0n) is 63.7. The molecule has 0 radical (unpaired) electrons. The van der Waals surface area contributed by atoms with E-state index in [1.54, 1.807) is 6.08 Å². The second-order valence-electron chi connectivity index (χ2n) is 29.9. The van der Waals surface area contributed by atoms with Gasteiger partial charge in [0.15, 0.2) is 18.9 Å². The van der Waals surface area contributed by atoms with Crippen LogP contribution in [0.4, 0.5) is 0 Å². The Morgan fingerprint density at radius 2 is 0.634 bits per heavy atom. The maximum Gasteiger partial charge on any atom is 0.220 e. The Morgan fingerprint density at radius 1 is 0.347 bits per heavy atom. The van der Waals surface area contributed by atoms with Gasteiger partial charge in [-0.15, -0.1) is 0 Å². The number of nitrogens with one attached hydrogen (secondary N) is 1. The van der Waals surface area contributed by atoms with Gasteiger partial charge < -0.3 is 89.9 Å². The minimum absolute atomic E-state index is 0.236. The Morgan fingerprint density at radius 3 is 0.990 bits per heavy atom. The molecule has 0 aliphatic carbocycles. The summed E-state index contributed by atoms with van der Waals surface area (Å²) in [6.07, 6.45) is 51.5. The molecular weight excluding hydrogens is 1290 g/mol. The summed E-state index contributed by atoms with van der Waals surface area (Å²) >= 11 is 0. The molecule has 0 spiro atoms. The zero-order valence-corrected chi connectivity index (χ0v) is 63.7. The van der Waals surface area contributed by atoms with Crippen LogP contribution in [0.2, 0.25) is 0 Å². The number of aliphatic hydroxyl groups excluding tert-OH is 11. The number of allylic oxidation sites excluding steroid dienone is 5. The van der Waals surface area contributed by atoms with E-state index in [2.05, 4.69) is 43.5 Å². The number of hydrogen-bond donors (Lipinski definition) is 12. The molecule has 3 aliphatic heterocycles. The van der Waals surface area contributed by atoms with Crippen molar-refractivity contribution in [3.63, 3.8) is 0 Å². The van der Waals surface area contributed by atoms with Gasteiger partial charge >= 0.3 is 0 Å². The molecule has 0 saturated carbocycles. The molecule has 12 N–H and O–H groups in total. The van der Waals surface area contributed by atoms with Gasteiger partial charge in [0.25, 0.3) is 0 Å². The van der Waals surface area contributed by atoms with Crippen molar-refractivity contribution < 1.29 is 89.4 Å². The van der Waals surface area contributed by atoms with Gasteiger partial charge in [0.05, 0.1) is 38.6 Å². The smallest absolute Gasteiger partial charge is 0.220 e. The number of carbonyl (C=O) groups excluding carboxylic acids is 1. The molecule has 101 heavy (non-hydrogen) atoms. The van der Waals surface area contributed by atoms with Gasteiger partial charge in [-0.05, 0) is 44.9 Å². The third-order valence-electron chi connectivity index (χ3n) is 20.9. The molecule has 0 aromatic heterocycles. The van der Waals surface area contributed by atoms with Crippen molar-refractivity contribution >= 4 is 5.91 Å². The lowest BCUT2D eigenvalue weighted by Crippen LogP contribution is -2.66. The topological polar surface area (TPSA) is 307 Å². The first-order chi connectivity index (χ1) is 49.3. The van der Waals surface area contributed by atoms with Crippen LogP contribution < -0.4 is 5.32 Å². The van der Waals surface area contributed by atoms with Crippen LogP contribution in [0.25, 0.3) is 0 Å². The first-order valence-corrected chi connectivity index (χ1v) is 41.7. The molecule has 17 unspecified atom stereocenters. The van der Waals surface area contributed by atoms with E-state index in [-0.39, 0.29) is 18.9 Å². The molecule has 594 valence electrons. The van der Waals surface area contributed by atoms with E-state index in [1.807, 2.05) is 6.08 Å². The van der Waals surface area contributed by atoms with E-state index in [9.17, 15) is 61.0 Å². The van der Waals surface area contributed by atoms with Gasteiger partial charge in [0, 0.05) is 6.42 Å². The molecule has 3 aliphatic rings. The molecule has 0 bridgehead atoms. The Hall–Kier alpha value is -1.99. The van der Waals surface area contributed by atoms with Gasteiger partial charge in [0.2, 0.25) is 5.91 Å². The van der Waals surface area contributed by atoms with E-state index in [0.29, 0.717) is 12.8 Å². The molecule has 3 heterocycles. The average Bonchev–Trinajstić information content (AvgIpc) is 0.790. The largest absolute Gasteiger partial charge is 0.394 e. The van der Waals surface area contributed by atoms with Crippen LogP contribution in [-0.2, 0) is 33.2 Å². The number of ether oxygens (including phenoxy) is 6. The molecule has 19 nitrogen and oxygen atoms in total. The molecule has 0 aromatic rings. The van der Waals surface area contributed by atoms with E-state index in [1.165, 1.54) is 270 Å². The van der Waals surface area contributed by atoms with Gasteiger partial charge in [-0.3, -0.25) is 4.79 Å². The molecule has 0 aromatic carbocycles. The van der Waals surface area contributed by atoms with Gasteiger partial charge in [-0.25, -0.2) is 0 Å². The highest BCUT2D eigenvalue weighted by Crippen LogP contribution is 2.33.